The first-order chi connectivity index (χ1) is 4.74. The van der Waals surface area contributed by atoms with Crippen LogP contribution in [0.5, 0.6) is 0 Å². The van der Waals surface area contributed by atoms with Crippen molar-refractivity contribution >= 4 is 5.97 Å². The molecule has 1 unspecified atom stereocenters. The highest BCUT2D eigenvalue weighted by molar-refractivity contribution is 5.67. The van der Waals surface area contributed by atoms with E-state index in [-0.39, 0.29) is 12.3 Å². The summed E-state index contributed by atoms with van der Waals surface area (Å²) in [5.41, 5.74) is 0. The fourth-order valence-electron chi connectivity index (χ4n) is 1.05. The SMILES string of the molecule is C#CC(CC(=O)O)C1CC1. The Balaban J connectivity index is 2.34. The molecule has 2 heteroatoms. The highest BCUT2D eigenvalue weighted by Gasteiger charge is 2.31. The van der Waals surface area contributed by atoms with E-state index in [0.29, 0.717) is 5.92 Å². The first kappa shape index (κ1) is 7.14. The monoisotopic (exact) mass is 138 g/mol. The molecule has 10 heavy (non-hydrogen) atoms. The largest absolute Gasteiger partial charge is 0.481 e. The lowest BCUT2D eigenvalue weighted by Gasteiger charge is -2.02. The Kier molecular flexibility index (Phi) is 1.96. The molecule has 1 fully saturated rings. The maximum absolute atomic E-state index is 10.2. The molecule has 1 aliphatic carbocycles. The molecule has 1 saturated carbocycles. The fourth-order valence-corrected chi connectivity index (χ4v) is 1.05. The molecule has 0 saturated heterocycles. The normalized spacial score (nSPS) is 19.5. The molecule has 1 rings (SSSR count). The van der Waals surface area contributed by atoms with Crippen LogP contribution in [0.4, 0.5) is 0 Å². The molecule has 0 aromatic heterocycles. The Morgan fingerprint density at radius 1 is 1.80 bits per heavy atom. The van der Waals surface area contributed by atoms with Gasteiger partial charge in [-0.25, -0.2) is 0 Å². The van der Waals surface area contributed by atoms with Crippen molar-refractivity contribution in [1.29, 1.82) is 0 Å². The first-order valence-corrected chi connectivity index (χ1v) is 3.42. The molecule has 2 nitrogen and oxygen atoms in total. The van der Waals surface area contributed by atoms with Gasteiger partial charge in [0.1, 0.15) is 0 Å². The highest BCUT2D eigenvalue weighted by atomic mass is 16.4. The van der Waals surface area contributed by atoms with Crippen LogP contribution in [-0.2, 0) is 4.79 Å². The summed E-state index contributed by atoms with van der Waals surface area (Å²) < 4.78 is 0. The van der Waals surface area contributed by atoms with Crippen molar-refractivity contribution in [2.45, 2.75) is 19.3 Å². The van der Waals surface area contributed by atoms with Crippen LogP contribution in [0.15, 0.2) is 0 Å². The van der Waals surface area contributed by atoms with Gasteiger partial charge in [-0.05, 0) is 18.8 Å². The van der Waals surface area contributed by atoms with Crippen LogP contribution in [0.1, 0.15) is 19.3 Å². The summed E-state index contributed by atoms with van der Waals surface area (Å²) in [6, 6.07) is 0. The second-order valence-electron chi connectivity index (χ2n) is 2.71. The van der Waals surface area contributed by atoms with Gasteiger partial charge in [-0.2, -0.15) is 0 Å². The van der Waals surface area contributed by atoms with Crippen LogP contribution >= 0.6 is 0 Å². The minimum Gasteiger partial charge on any atom is -0.481 e. The summed E-state index contributed by atoms with van der Waals surface area (Å²) in [4.78, 5) is 10.2. The number of hydrogen-bond acceptors (Lipinski definition) is 1. The smallest absolute Gasteiger partial charge is 0.304 e. The standard InChI is InChI=1S/C8H10O2/c1-2-6(5-8(9)10)7-3-4-7/h1,6-7H,3-5H2,(H,9,10). The van der Waals surface area contributed by atoms with E-state index in [1.807, 2.05) is 0 Å². The summed E-state index contributed by atoms with van der Waals surface area (Å²) in [7, 11) is 0. The predicted molar refractivity (Wildman–Crippen MR) is 37.3 cm³/mol. The van der Waals surface area contributed by atoms with E-state index >= 15 is 0 Å². The first-order valence-electron chi connectivity index (χ1n) is 3.42. The molecule has 1 N–H and O–H groups in total. The molecule has 0 aliphatic heterocycles. The number of aliphatic carboxylic acids is 1. The summed E-state index contributed by atoms with van der Waals surface area (Å²) >= 11 is 0. The predicted octanol–water partition coefficient (Wildman–Crippen LogP) is 1.12. The van der Waals surface area contributed by atoms with Crippen molar-refractivity contribution in [3.05, 3.63) is 0 Å². The van der Waals surface area contributed by atoms with E-state index in [2.05, 4.69) is 5.92 Å². The van der Waals surface area contributed by atoms with Crippen molar-refractivity contribution < 1.29 is 9.90 Å². The zero-order chi connectivity index (χ0) is 7.56. The quantitative estimate of drug-likeness (QED) is 0.593. The minimum absolute atomic E-state index is 0.0162. The van der Waals surface area contributed by atoms with Crippen LogP contribution in [-0.4, -0.2) is 11.1 Å². The van der Waals surface area contributed by atoms with Gasteiger partial charge in [-0.3, -0.25) is 4.79 Å². The van der Waals surface area contributed by atoms with E-state index in [1.54, 1.807) is 0 Å². The Morgan fingerprint density at radius 3 is 2.70 bits per heavy atom. The van der Waals surface area contributed by atoms with Crippen molar-refractivity contribution in [1.82, 2.24) is 0 Å². The molecule has 1 aliphatic rings. The molecule has 54 valence electrons. The van der Waals surface area contributed by atoms with Gasteiger partial charge in [0.15, 0.2) is 0 Å². The maximum Gasteiger partial charge on any atom is 0.304 e. The van der Waals surface area contributed by atoms with Gasteiger partial charge in [-0.15, -0.1) is 12.3 Å². The molecule has 0 heterocycles. The van der Waals surface area contributed by atoms with Crippen LogP contribution < -0.4 is 0 Å². The molecule has 0 radical (unpaired) electrons. The molecule has 0 bridgehead atoms. The molecular weight excluding hydrogens is 128 g/mol. The second kappa shape index (κ2) is 2.74. The van der Waals surface area contributed by atoms with Crippen LogP contribution in [0.2, 0.25) is 0 Å². The fraction of sp³-hybridized carbons (Fsp3) is 0.625. The zero-order valence-corrected chi connectivity index (χ0v) is 5.71. The van der Waals surface area contributed by atoms with Gasteiger partial charge < -0.3 is 5.11 Å². The van der Waals surface area contributed by atoms with Crippen molar-refractivity contribution in [2.24, 2.45) is 11.8 Å². The lowest BCUT2D eigenvalue weighted by Crippen LogP contribution is -2.07. The van der Waals surface area contributed by atoms with Crippen molar-refractivity contribution in [2.75, 3.05) is 0 Å². The zero-order valence-electron chi connectivity index (χ0n) is 5.71. The number of carbonyl (C=O) groups is 1. The molecule has 1 atom stereocenters. The number of terminal acetylenes is 1. The second-order valence-corrected chi connectivity index (χ2v) is 2.71. The van der Waals surface area contributed by atoms with Crippen LogP contribution in [0, 0.1) is 24.2 Å². The Morgan fingerprint density at radius 2 is 2.40 bits per heavy atom. The van der Waals surface area contributed by atoms with Gasteiger partial charge in [-0.1, -0.05) is 0 Å². The van der Waals surface area contributed by atoms with Gasteiger partial charge in [0.25, 0.3) is 0 Å². The Labute approximate surface area is 60.2 Å². The summed E-state index contributed by atoms with van der Waals surface area (Å²) in [6.45, 7) is 0. The van der Waals surface area contributed by atoms with Gasteiger partial charge in [0, 0.05) is 5.92 Å². The van der Waals surface area contributed by atoms with Crippen molar-refractivity contribution in [3.63, 3.8) is 0 Å². The number of rotatable bonds is 3. The van der Waals surface area contributed by atoms with E-state index in [9.17, 15) is 4.79 Å². The summed E-state index contributed by atoms with van der Waals surface area (Å²) in [6.07, 6.45) is 7.52. The van der Waals surface area contributed by atoms with Crippen molar-refractivity contribution in [3.8, 4) is 12.3 Å². The average Bonchev–Trinajstić information content (AvgIpc) is 2.63. The van der Waals surface area contributed by atoms with Gasteiger partial charge in [0.2, 0.25) is 0 Å². The molecule has 0 aromatic rings. The number of carboxylic acids is 1. The lowest BCUT2D eigenvalue weighted by molar-refractivity contribution is -0.137. The van der Waals surface area contributed by atoms with E-state index < -0.39 is 5.97 Å². The Bertz CT molecular complexity index is 174. The van der Waals surface area contributed by atoms with Crippen LogP contribution in [0.25, 0.3) is 0 Å². The third kappa shape index (κ3) is 1.77. The Hall–Kier alpha value is -0.970. The third-order valence-electron chi connectivity index (χ3n) is 1.80. The summed E-state index contributed by atoms with van der Waals surface area (Å²) in [5, 5.41) is 8.40. The summed E-state index contributed by atoms with van der Waals surface area (Å²) in [5.74, 6) is 2.22. The average molecular weight is 138 g/mol. The number of hydrogen-bond donors (Lipinski definition) is 1. The number of carboxylic acid groups (broad SMARTS) is 1. The maximum atomic E-state index is 10.2. The van der Waals surface area contributed by atoms with E-state index in [0.717, 1.165) is 12.8 Å². The molecule has 0 spiro atoms. The lowest BCUT2D eigenvalue weighted by atomic mass is 10.0. The molecule has 0 aromatic carbocycles. The van der Waals surface area contributed by atoms with E-state index in [4.69, 9.17) is 11.5 Å². The minimum atomic E-state index is -0.783. The highest BCUT2D eigenvalue weighted by Crippen LogP contribution is 2.37. The van der Waals surface area contributed by atoms with Gasteiger partial charge >= 0.3 is 5.97 Å². The van der Waals surface area contributed by atoms with Crippen LogP contribution in [0.3, 0.4) is 0 Å². The molecule has 0 amide bonds. The topological polar surface area (TPSA) is 37.3 Å². The third-order valence-corrected chi connectivity index (χ3v) is 1.80. The molecular formula is C8H10O2. The van der Waals surface area contributed by atoms with Gasteiger partial charge in [0.05, 0.1) is 6.42 Å². The van der Waals surface area contributed by atoms with E-state index in [1.165, 1.54) is 0 Å².